The van der Waals surface area contributed by atoms with Gasteiger partial charge in [-0.2, -0.15) is 5.10 Å². The zero-order valence-corrected chi connectivity index (χ0v) is 12.1. The molecule has 0 atom stereocenters. The predicted molar refractivity (Wildman–Crippen MR) is 84.9 cm³/mol. The van der Waals surface area contributed by atoms with Crippen LogP contribution in [0.25, 0.3) is 0 Å². The van der Waals surface area contributed by atoms with E-state index in [2.05, 4.69) is 17.5 Å². The van der Waals surface area contributed by atoms with Crippen LogP contribution < -0.4 is 10.2 Å². The summed E-state index contributed by atoms with van der Waals surface area (Å²) in [6, 6.07) is 15.2. The molecule has 3 nitrogen and oxygen atoms in total. The van der Waals surface area contributed by atoms with Crippen LogP contribution in [0.2, 0.25) is 5.02 Å². The number of para-hydroxylation sites is 1. The van der Waals surface area contributed by atoms with Gasteiger partial charge < -0.3 is 4.74 Å². The Labute approximate surface area is 124 Å². The molecule has 1 N–H and O–H groups in total. The van der Waals surface area contributed by atoms with E-state index in [1.165, 1.54) is 0 Å². The van der Waals surface area contributed by atoms with E-state index in [4.69, 9.17) is 16.3 Å². The van der Waals surface area contributed by atoms with Crippen molar-refractivity contribution >= 4 is 23.5 Å². The first-order chi connectivity index (χ1) is 9.79. The Hall–Kier alpha value is -2.00. The predicted octanol–water partition coefficient (Wildman–Crippen LogP) is 4.57. The number of nitrogens with one attached hydrogen (secondary N) is 1. The molecule has 0 bridgehead atoms. The van der Waals surface area contributed by atoms with Crippen molar-refractivity contribution in [1.82, 2.24) is 0 Å². The van der Waals surface area contributed by atoms with Crippen molar-refractivity contribution in [3.63, 3.8) is 0 Å². The third-order valence-electron chi connectivity index (χ3n) is 2.60. The van der Waals surface area contributed by atoms with E-state index in [0.717, 1.165) is 23.4 Å². The molecule has 0 saturated carbocycles. The molecule has 0 amide bonds. The molecule has 2 aromatic carbocycles. The van der Waals surface area contributed by atoms with Gasteiger partial charge in [0, 0.05) is 10.6 Å². The van der Waals surface area contributed by atoms with Gasteiger partial charge in [0.2, 0.25) is 0 Å². The summed E-state index contributed by atoms with van der Waals surface area (Å²) in [5, 5.41) is 4.89. The van der Waals surface area contributed by atoms with Gasteiger partial charge in [-0.05, 0) is 36.8 Å². The van der Waals surface area contributed by atoms with Gasteiger partial charge in [-0.1, -0.05) is 36.7 Å². The van der Waals surface area contributed by atoms with Gasteiger partial charge in [-0.25, -0.2) is 0 Å². The Morgan fingerprint density at radius 2 is 2.05 bits per heavy atom. The highest BCUT2D eigenvalue weighted by Crippen LogP contribution is 2.17. The number of nitrogens with zero attached hydrogens (tertiary/aromatic N) is 1. The van der Waals surface area contributed by atoms with Crippen LogP contribution >= 0.6 is 11.6 Å². The molecular weight excluding hydrogens is 272 g/mol. The third-order valence-corrected chi connectivity index (χ3v) is 2.84. The van der Waals surface area contributed by atoms with Gasteiger partial charge >= 0.3 is 0 Å². The summed E-state index contributed by atoms with van der Waals surface area (Å²) in [7, 11) is 0. The number of ether oxygens (including phenoxy) is 1. The molecule has 0 unspecified atom stereocenters. The number of hydrogen-bond acceptors (Lipinski definition) is 3. The highest BCUT2D eigenvalue weighted by atomic mass is 35.5. The lowest BCUT2D eigenvalue weighted by Crippen LogP contribution is -1.99. The Morgan fingerprint density at radius 3 is 2.85 bits per heavy atom. The van der Waals surface area contributed by atoms with Crippen LogP contribution in [0, 0.1) is 0 Å². The minimum absolute atomic E-state index is 0.678. The molecule has 0 aliphatic carbocycles. The third kappa shape index (κ3) is 4.28. The summed E-state index contributed by atoms with van der Waals surface area (Å²) in [4.78, 5) is 0. The van der Waals surface area contributed by atoms with Crippen LogP contribution in [0.3, 0.4) is 0 Å². The lowest BCUT2D eigenvalue weighted by atomic mass is 10.2. The number of benzene rings is 2. The highest BCUT2D eigenvalue weighted by molar-refractivity contribution is 6.30. The van der Waals surface area contributed by atoms with Crippen molar-refractivity contribution in [2.24, 2.45) is 5.10 Å². The fourth-order valence-corrected chi connectivity index (χ4v) is 1.86. The molecule has 0 radical (unpaired) electrons. The molecule has 0 spiro atoms. The van der Waals surface area contributed by atoms with Crippen molar-refractivity contribution in [2.45, 2.75) is 13.3 Å². The van der Waals surface area contributed by atoms with Crippen molar-refractivity contribution in [3.8, 4) is 5.75 Å². The zero-order valence-electron chi connectivity index (χ0n) is 11.3. The average molecular weight is 289 g/mol. The SMILES string of the molecule is CCCOc1ccccc1C=NNc1cccc(Cl)c1. The van der Waals surface area contributed by atoms with Crippen LogP contribution in [0.4, 0.5) is 5.69 Å². The minimum Gasteiger partial charge on any atom is -0.493 e. The molecule has 20 heavy (non-hydrogen) atoms. The van der Waals surface area contributed by atoms with Gasteiger partial charge in [-0.15, -0.1) is 0 Å². The first-order valence-corrected chi connectivity index (χ1v) is 6.94. The Balaban J connectivity index is 2.04. The van der Waals surface area contributed by atoms with Gasteiger partial charge in [0.05, 0.1) is 18.5 Å². The summed E-state index contributed by atoms with van der Waals surface area (Å²) >= 11 is 5.91. The van der Waals surface area contributed by atoms with E-state index < -0.39 is 0 Å². The second kappa shape index (κ2) is 7.56. The van der Waals surface area contributed by atoms with E-state index >= 15 is 0 Å². The standard InChI is InChI=1S/C16H17ClN2O/c1-2-10-20-16-9-4-3-6-13(16)12-18-19-15-8-5-7-14(17)11-15/h3-9,11-12,19H,2,10H2,1H3. The van der Waals surface area contributed by atoms with Crippen molar-refractivity contribution in [3.05, 3.63) is 59.1 Å². The molecule has 0 saturated heterocycles. The zero-order chi connectivity index (χ0) is 14.2. The topological polar surface area (TPSA) is 33.6 Å². The van der Waals surface area contributed by atoms with Crippen LogP contribution in [-0.4, -0.2) is 12.8 Å². The van der Waals surface area contributed by atoms with Crippen molar-refractivity contribution < 1.29 is 4.74 Å². The summed E-state index contributed by atoms with van der Waals surface area (Å²) in [5.74, 6) is 0.839. The van der Waals surface area contributed by atoms with Gasteiger partial charge in [0.1, 0.15) is 5.75 Å². The van der Waals surface area contributed by atoms with Crippen molar-refractivity contribution in [2.75, 3.05) is 12.0 Å². The number of rotatable bonds is 6. The van der Waals surface area contributed by atoms with E-state index in [1.807, 2.05) is 48.5 Å². The van der Waals surface area contributed by atoms with Crippen LogP contribution in [-0.2, 0) is 0 Å². The fraction of sp³-hybridized carbons (Fsp3) is 0.188. The van der Waals surface area contributed by atoms with E-state index in [0.29, 0.717) is 11.6 Å². The van der Waals surface area contributed by atoms with E-state index in [-0.39, 0.29) is 0 Å². The smallest absolute Gasteiger partial charge is 0.128 e. The molecule has 2 rings (SSSR count). The minimum atomic E-state index is 0.678. The number of hydrogen-bond donors (Lipinski definition) is 1. The van der Waals surface area contributed by atoms with Crippen LogP contribution in [0.1, 0.15) is 18.9 Å². The van der Waals surface area contributed by atoms with Gasteiger partial charge in [0.15, 0.2) is 0 Å². The molecule has 2 aromatic rings. The van der Waals surface area contributed by atoms with E-state index in [1.54, 1.807) is 6.21 Å². The first kappa shape index (κ1) is 14.4. The maximum Gasteiger partial charge on any atom is 0.128 e. The molecule has 0 fully saturated rings. The van der Waals surface area contributed by atoms with Crippen molar-refractivity contribution in [1.29, 1.82) is 0 Å². The van der Waals surface area contributed by atoms with E-state index in [9.17, 15) is 0 Å². The molecule has 0 heterocycles. The number of anilines is 1. The molecular formula is C16H17ClN2O. The van der Waals surface area contributed by atoms with Crippen LogP contribution in [0.15, 0.2) is 53.6 Å². The second-order valence-corrected chi connectivity index (χ2v) is 4.70. The Morgan fingerprint density at radius 1 is 1.20 bits per heavy atom. The lowest BCUT2D eigenvalue weighted by Gasteiger charge is -2.07. The molecule has 0 aromatic heterocycles. The quantitative estimate of drug-likeness (QED) is 0.624. The fourth-order valence-electron chi connectivity index (χ4n) is 1.67. The summed E-state index contributed by atoms with van der Waals surface area (Å²) in [6.45, 7) is 2.78. The average Bonchev–Trinajstić information content (AvgIpc) is 2.46. The van der Waals surface area contributed by atoms with Gasteiger partial charge in [-0.3, -0.25) is 5.43 Å². The summed E-state index contributed by atoms with van der Waals surface area (Å²) in [5.41, 5.74) is 4.73. The molecule has 0 aliphatic heterocycles. The number of halogens is 1. The second-order valence-electron chi connectivity index (χ2n) is 4.27. The number of hydrazone groups is 1. The Kier molecular flexibility index (Phi) is 5.44. The lowest BCUT2D eigenvalue weighted by molar-refractivity contribution is 0.317. The summed E-state index contributed by atoms with van der Waals surface area (Å²) < 4.78 is 5.67. The Bertz CT molecular complexity index is 584. The molecule has 0 aliphatic rings. The maximum absolute atomic E-state index is 5.91. The normalized spacial score (nSPS) is 10.7. The summed E-state index contributed by atoms with van der Waals surface area (Å²) in [6.07, 6.45) is 2.72. The monoisotopic (exact) mass is 288 g/mol. The first-order valence-electron chi connectivity index (χ1n) is 6.56. The molecule has 4 heteroatoms. The maximum atomic E-state index is 5.91. The highest BCUT2D eigenvalue weighted by Gasteiger charge is 1.99. The van der Waals surface area contributed by atoms with Gasteiger partial charge in [0.25, 0.3) is 0 Å². The molecule has 104 valence electrons. The van der Waals surface area contributed by atoms with Crippen LogP contribution in [0.5, 0.6) is 5.75 Å². The largest absolute Gasteiger partial charge is 0.493 e.